The maximum absolute atomic E-state index is 12.5. The number of epoxide rings is 2. The molecule has 3 atom stereocenters. The normalized spacial score (nSPS) is 23.2. The van der Waals surface area contributed by atoms with Crippen molar-refractivity contribution in [2.24, 2.45) is 0 Å². The van der Waals surface area contributed by atoms with Crippen LogP contribution in [0.5, 0.6) is 0 Å². The Bertz CT molecular complexity index is 705. The minimum Gasteiger partial charge on any atom is -0.389 e. The summed E-state index contributed by atoms with van der Waals surface area (Å²) in [6.45, 7) is 3.07. The van der Waals surface area contributed by atoms with Crippen LogP contribution in [-0.4, -0.2) is 63.5 Å². The standard InChI is InChI=1S/C14H21N3O7/c1-2-22-6-9(18)3-15-12(19)16(4-10-7-23-10)14(21)17(13(15)20)5-11-8-24-11/h9-11,18H,2-8H2,1H3. The highest BCUT2D eigenvalue weighted by Gasteiger charge is 2.29. The van der Waals surface area contributed by atoms with Crippen LogP contribution < -0.4 is 17.1 Å². The first-order valence-corrected chi connectivity index (χ1v) is 7.94. The lowest BCUT2D eigenvalue weighted by atomic mass is 10.3. The average Bonchev–Trinajstić information content (AvgIpc) is 3.45. The van der Waals surface area contributed by atoms with Crippen LogP contribution >= 0.6 is 0 Å². The SMILES string of the molecule is CCOCC(O)Cn1c(=O)n(CC2CO2)c(=O)n(CC2CO2)c1=O. The summed E-state index contributed by atoms with van der Waals surface area (Å²) in [4.78, 5) is 37.5. The van der Waals surface area contributed by atoms with Gasteiger partial charge in [-0.05, 0) is 6.92 Å². The Kier molecular flexibility index (Phi) is 4.99. The first-order chi connectivity index (χ1) is 11.5. The molecule has 1 aromatic rings. The first kappa shape index (κ1) is 17.1. The summed E-state index contributed by atoms with van der Waals surface area (Å²) in [5.41, 5.74) is -2.17. The summed E-state index contributed by atoms with van der Waals surface area (Å²) in [5.74, 6) is 0. The number of nitrogens with zero attached hydrogens (tertiary/aromatic N) is 3. The highest BCUT2D eigenvalue weighted by atomic mass is 16.6. The molecule has 0 aliphatic carbocycles. The van der Waals surface area contributed by atoms with E-state index in [2.05, 4.69) is 0 Å². The van der Waals surface area contributed by atoms with Gasteiger partial charge in [0.2, 0.25) is 0 Å². The van der Waals surface area contributed by atoms with Gasteiger partial charge in [-0.25, -0.2) is 28.1 Å². The second-order valence-electron chi connectivity index (χ2n) is 5.90. The Morgan fingerprint density at radius 2 is 1.50 bits per heavy atom. The molecule has 0 aromatic carbocycles. The van der Waals surface area contributed by atoms with Crippen LogP contribution in [0, 0.1) is 0 Å². The number of aliphatic hydroxyl groups is 1. The molecule has 3 rings (SSSR count). The zero-order chi connectivity index (χ0) is 17.3. The maximum atomic E-state index is 12.5. The van der Waals surface area contributed by atoms with Gasteiger partial charge in [0, 0.05) is 6.61 Å². The van der Waals surface area contributed by atoms with Crippen LogP contribution in [-0.2, 0) is 33.8 Å². The summed E-state index contributed by atoms with van der Waals surface area (Å²) in [6.07, 6.45) is -1.41. The van der Waals surface area contributed by atoms with Crippen molar-refractivity contribution in [1.82, 2.24) is 13.7 Å². The van der Waals surface area contributed by atoms with Crippen molar-refractivity contribution in [3.63, 3.8) is 0 Å². The number of ether oxygens (including phenoxy) is 3. The number of aliphatic hydroxyl groups excluding tert-OH is 1. The Morgan fingerprint density at radius 1 is 1.04 bits per heavy atom. The fourth-order valence-corrected chi connectivity index (χ4v) is 2.42. The fourth-order valence-electron chi connectivity index (χ4n) is 2.42. The van der Waals surface area contributed by atoms with E-state index in [1.165, 1.54) is 0 Å². The smallest absolute Gasteiger partial charge is 0.336 e. The van der Waals surface area contributed by atoms with Gasteiger partial charge in [0.15, 0.2) is 0 Å². The van der Waals surface area contributed by atoms with Crippen LogP contribution in [0.4, 0.5) is 0 Å². The Balaban J connectivity index is 1.96. The quantitative estimate of drug-likeness (QED) is 0.487. The molecule has 24 heavy (non-hydrogen) atoms. The average molecular weight is 343 g/mol. The van der Waals surface area contributed by atoms with Gasteiger partial charge in [0.05, 0.1) is 57.8 Å². The molecule has 0 spiro atoms. The predicted octanol–water partition coefficient (Wildman–Crippen LogP) is -2.63. The lowest BCUT2D eigenvalue weighted by Crippen LogP contribution is -2.56. The zero-order valence-corrected chi connectivity index (χ0v) is 13.4. The van der Waals surface area contributed by atoms with Gasteiger partial charge in [-0.2, -0.15) is 0 Å². The molecular formula is C14H21N3O7. The first-order valence-electron chi connectivity index (χ1n) is 7.94. The molecule has 0 saturated carbocycles. The molecule has 2 aliphatic rings. The number of hydrogen-bond acceptors (Lipinski definition) is 7. The van der Waals surface area contributed by atoms with Gasteiger partial charge in [-0.1, -0.05) is 0 Å². The minimum absolute atomic E-state index is 0.00101. The molecule has 3 heterocycles. The second kappa shape index (κ2) is 7.01. The molecule has 1 N–H and O–H groups in total. The van der Waals surface area contributed by atoms with Crippen molar-refractivity contribution < 1.29 is 19.3 Å². The van der Waals surface area contributed by atoms with E-state index < -0.39 is 23.2 Å². The number of hydrogen-bond donors (Lipinski definition) is 1. The molecule has 2 aliphatic heterocycles. The van der Waals surface area contributed by atoms with Gasteiger partial charge in [0.25, 0.3) is 0 Å². The summed E-state index contributed by atoms with van der Waals surface area (Å²) in [5, 5.41) is 9.95. The monoisotopic (exact) mass is 343 g/mol. The molecular weight excluding hydrogens is 322 g/mol. The minimum atomic E-state index is -1.02. The van der Waals surface area contributed by atoms with E-state index in [0.29, 0.717) is 19.8 Å². The highest BCUT2D eigenvalue weighted by molar-refractivity contribution is 4.85. The van der Waals surface area contributed by atoms with Crippen LogP contribution in [0.1, 0.15) is 6.92 Å². The third kappa shape index (κ3) is 3.83. The molecule has 0 bridgehead atoms. The Morgan fingerprint density at radius 3 is 1.92 bits per heavy atom. The van der Waals surface area contributed by atoms with Crippen molar-refractivity contribution >= 4 is 0 Å². The van der Waals surface area contributed by atoms with Crippen molar-refractivity contribution in [2.75, 3.05) is 26.4 Å². The molecule has 134 valence electrons. The molecule has 2 saturated heterocycles. The third-order valence-corrected chi connectivity index (χ3v) is 3.87. The largest absolute Gasteiger partial charge is 0.389 e. The van der Waals surface area contributed by atoms with E-state index in [4.69, 9.17) is 14.2 Å². The molecule has 0 amide bonds. The summed E-state index contributed by atoms with van der Waals surface area (Å²) in [6, 6.07) is 0. The lowest BCUT2D eigenvalue weighted by Gasteiger charge is -2.15. The maximum Gasteiger partial charge on any atom is 0.336 e. The summed E-state index contributed by atoms with van der Waals surface area (Å²) >= 11 is 0. The zero-order valence-electron chi connectivity index (χ0n) is 13.4. The van der Waals surface area contributed by atoms with E-state index in [1.807, 2.05) is 0 Å². The summed E-state index contributed by atoms with van der Waals surface area (Å²) in [7, 11) is 0. The van der Waals surface area contributed by atoms with E-state index in [1.54, 1.807) is 6.92 Å². The van der Waals surface area contributed by atoms with Crippen molar-refractivity contribution in [3.05, 3.63) is 31.5 Å². The number of rotatable bonds is 9. The highest BCUT2D eigenvalue weighted by Crippen LogP contribution is 2.10. The van der Waals surface area contributed by atoms with Crippen molar-refractivity contribution in [2.45, 2.75) is 44.9 Å². The molecule has 3 unspecified atom stereocenters. The molecule has 2 fully saturated rings. The van der Waals surface area contributed by atoms with Gasteiger partial charge < -0.3 is 19.3 Å². The molecule has 10 nitrogen and oxygen atoms in total. The van der Waals surface area contributed by atoms with Gasteiger partial charge in [-0.15, -0.1) is 0 Å². The third-order valence-electron chi connectivity index (χ3n) is 3.87. The van der Waals surface area contributed by atoms with E-state index >= 15 is 0 Å². The molecule has 1 aromatic heterocycles. The summed E-state index contributed by atoms with van der Waals surface area (Å²) < 4.78 is 18.1. The van der Waals surface area contributed by atoms with Crippen molar-refractivity contribution in [3.8, 4) is 0 Å². The fraction of sp³-hybridized carbons (Fsp3) is 0.786. The topological polar surface area (TPSA) is 121 Å². The van der Waals surface area contributed by atoms with Gasteiger partial charge in [-0.3, -0.25) is 0 Å². The van der Waals surface area contributed by atoms with Gasteiger partial charge >= 0.3 is 17.1 Å². The Labute approximate surface area is 136 Å². The van der Waals surface area contributed by atoms with Crippen LogP contribution in [0.3, 0.4) is 0 Å². The van der Waals surface area contributed by atoms with Crippen molar-refractivity contribution in [1.29, 1.82) is 0 Å². The Hall–Kier alpha value is -1.75. The predicted molar refractivity (Wildman–Crippen MR) is 81.2 cm³/mol. The van der Waals surface area contributed by atoms with E-state index in [9.17, 15) is 19.5 Å². The lowest BCUT2D eigenvalue weighted by molar-refractivity contribution is 0.0313. The van der Waals surface area contributed by atoms with Crippen LogP contribution in [0.15, 0.2) is 14.4 Å². The van der Waals surface area contributed by atoms with E-state index in [0.717, 1.165) is 13.7 Å². The second-order valence-corrected chi connectivity index (χ2v) is 5.90. The molecule has 0 radical (unpaired) electrons. The number of aromatic nitrogens is 3. The van der Waals surface area contributed by atoms with Crippen LogP contribution in [0.2, 0.25) is 0 Å². The molecule has 10 heteroatoms. The van der Waals surface area contributed by atoms with E-state index in [-0.39, 0.29) is 38.4 Å². The van der Waals surface area contributed by atoms with Crippen LogP contribution in [0.25, 0.3) is 0 Å². The van der Waals surface area contributed by atoms with Gasteiger partial charge in [0.1, 0.15) is 0 Å².